The van der Waals surface area contributed by atoms with Crippen LogP contribution in [0.1, 0.15) is 19.8 Å². The summed E-state index contributed by atoms with van der Waals surface area (Å²) in [7, 11) is 0. The molecule has 1 aliphatic rings. The highest BCUT2D eigenvalue weighted by Gasteiger charge is 2.18. The maximum absolute atomic E-state index is 13.0. The first-order chi connectivity index (χ1) is 11.5. The van der Waals surface area contributed by atoms with Crippen LogP contribution < -0.4 is 20.9 Å². The third kappa shape index (κ3) is 5.77. The highest BCUT2D eigenvalue weighted by Crippen LogP contribution is 2.25. The Kier molecular flexibility index (Phi) is 7.01. The maximum Gasteiger partial charge on any atom is 0.279 e. The number of halogens is 2. The molecule has 3 N–H and O–H groups in total. The zero-order valence-corrected chi connectivity index (χ0v) is 14.7. The van der Waals surface area contributed by atoms with Crippen molar-refractivity contribution in [2.45, 2.75) is 32.0 Å². The number of hydrogen-bond donors (Lipinski definition) is 3. The Bertz CT molecular complexity index is 599. The number of carbonyl (C=O) groups excluding carboxylic acids is 1. The van der Waals surface area contributed by atoms with Gasteiger partial charge in [0.2, 0.25) is 0 Å². The van der Waals surface area contributed by atoms with E-state index in [1.807, 2.05) is 0 Å². The number of hydrogen-bond acceptors (Lipinski definition) is 4. The van der Waals surface area contributed by atoms with Gasteiger partial charge in [0, 0.05) is 13.2 Å². The van der Waals surface area contributed by atoms with E-state index in [-0.39, 0.29) is 22.0 Å². The van der Waals surface area contributed by atoms with Crippen molar-refractivity contribution in [1.82, 2.24) is 16.2 Å². The van der Waals surface area contributed by atoms with Gasteiger partial charge in [-0.25, -0.2) is 4.39 Å². The molecule has 0 spiro atoms. The van der Waals surface area contributed by atoms with Crippen LogP contribution in [0.3, 0.4) is 0 Å². The predicted octanol–water partition coefficient (Wildman–Crippen LogP) is 1.92. The minimum atomic E-state index is -0.846. The molecule has 0 unspecified atom stereocenters. The van der Waals surface area contributed by atoms with Gasteiger partial charge in [0.15, 0.2) is 11.2 Å². The number of carbonyl (C=O) groups is 1. The zero-order valence-electron chi connectivity index (χ0n) is 13.1. The lowest BCUT2D eigenvalue weighted by Gasteiger charge is -2.18. The topological polar surface area (TPSA) is 71.6 Å². The fourth-order valence-corrected chi connectivity index (χ4v) is 2.44. The second kappa shape index (κ2) is 9.00. The smallest absolute Gasteiger partial charge is 0.279 e. The van der Waals surface area contributed by atoms with Gasteiger partial charge in [-0.15, -0.1) is 0 Å². The summed E-state index contributed by atoms with van der Waals surface area (Å²) in [4.78, 5) is 12.0. The maximum atomic E-state index is 13.0. The molecule has 0 bridgehead atoms. The highest BCUT2D eigenvalue weighted by molar-refractivity contribution is 7.80. The van der Waals surface area contributed by atoms with Gasteiger partial charge in [-0.3, -0.25) is 15.6 Å². The predicted molar refractivity (Wildman–Crippen MR) is 92.4 cm³/mol. The molecule has 1 aromatic rings. The van der Waals surface area contributed by atoms with Crippen LogP contribution in [0.4, 0.5) is 4.39 Å². The van der Waals surface area contributed by atoms with Crippen LogP contribution in [0.25, 0.3) is 0 Å². The third-order valence-corrected chi connectivity index (χ3v) is 3.92. The lowest BCUT2D eigenvalue weighted by atomic mass is 10.2. The summed E-state index contributed by atoms with van der Waals surface area (Å²) in [6.07, 6.45) is 1.33. The fourth-order valence-electron chi connectivity index (χ4n) is 2.09. The van der Waals surface area contributed by atoms with Gasteiger partial charge < -0.3 is 14.8 Å². The van der Waals surface area contributed by atoms with E-state index in [2.05, 4.69) is 16.2 Å². The van der Waals surface area contributed by atoms with Gasteiger partial charge in [0.1, 0.15) is 11.6 Å². The van der Waals surface area contributed by atoms with E-state index in [4.69, 9.17) is 33.3 Å². The Morgan fingerprint density at radius 3 is 3.00 bits per heavy atom. The van der Waals surface area contributed by atoms with Crippen molar-refractivity contribution < 1.29 is 18.7 Å². The summed E-state index contributed by atoms with van der Waals surface area (Å²) >= 11 is 10.9. The van der Waals surface area contributed by atoms with Crippen molar-refractivity contribution in [2.24, 2.45) is 0 Å². The first-order valence-corrected chi connectivity index (χ1v) is 8.31. The second-order valence-electron chi connectivity index (χ2n) is 5.29. The molecule has 1 fully saturated rings. The Labute approximate surface area is 150 Å². The molecule has 9 heteroatoms. The van der Waals surface area contributed by atoms with E-state index in [1.54, 1.807) is 6.92 Å². The number of hydrazine groups is 1. The van der Waals surface area contributed by atoms with Gasteiger partial charge in [-0.1, -0.05) is 11.6 Å². The van der Waals surface area contributed by atoms with Crippen LogP contribution in [0.2, 0.25) is 5.02 Å². The number of amides is 1. The Morgan fingerprint density at radius 1 is 1.54 bits per heavy atom. The van der Waals surface area contributed by atoms with E-state index in [1.165, 1.54) is 12.1 Å². The molecule has 0 saturated carbocycles. The summed E-state index contributed by atoms with van der Waals surface area (Å²) < 4.78 is 23.8. The number of ether oxygens (including phenoxy) is 2. The minimum absolute atomic E-state index is 0.0939. The van der Waals surface area contributed by atoms with E-state index in [0.717, 1.165) is 25.5 Å². The molecule has 1 aliphatic heterocycles. The Hall–Kier alpha value is -1.64. The van der Waals surface area contributed by atoms with Gasteiger partial charge in [-0.2, -0.15) is 0 Å². The molecule has 0 radical (unpaired) electrons. The average molecular weight is 376 g/mol. The second-order valence-corrected chi connectivity index (χ2v) is 6.11. The van der Waals surface area contributed by atoms with Gasteiger partial charge in [0.05, 0.1) is 11.1 Å². The Morgan fingerprint density at radius 2 is 2.33 bits per heavy atom. The van der Waals surface area contributed by atoms with Crippen molar-refractivity contribution in [2.75, 3.05) is 13.2 Å². The normalized spacial score (nSPS) is 17.9. The molecule has 1 aromatic carbocycles. The molecule has 2 rings (SSSR count). The van der Waals surface area contributed by atoms with Crippen molar-refractivity contribution in [1.29, 1.82) is 0 Å². The molecular formula is C15H19ClFN3O3S. The summed E-state index contributed by atoms with van der Waals surface area (Å²) in [6, 6.07) is 3.68. The van der Waals surface area contributed by atoms with Gasteiger partial charge >= 0.3 is 0 Å². The van der Waals surface area contributed by atoms with Crippen LogP contribution in [0, 0.1) is 5.82 Å². The van der Waals surface area contributed by atoms with Gasteiger partial charge in [0.25, 0.3) is 5.91 Å². The molecule has 24 heavy (non-hydrogen) atoms. The zero-order chi connectivity index (χ0) is 17.5. The molecule has 1 amide bonds. The van der Waals surface area contributed by atoms with E-state index in [9.17, 15) is 9.18 Å². The van der Waals surface area contributed by atoms with Crippen LogP contribution in [0.5, 0.6) is 5.75 Å². The number of nitrogens with one attached hydrogen (secondary N) is 3. The average Bonchev–Trinajstić information content (AvgIpc) is 3.06. The molecule has 132 valence electrons. The van der Waals surface area contributed by atoms with Crippen molar-refractivity contribution >= 4 is 34.8 Å². The van der Waals surface area contributed by atoms with E-state index in [0.29, 0.717) is 6.54 Å². The molecular weight excluding hydrogens is 357 g/mol. The van der Waals surface area contributed by atoms with Crippen LogP contribution in [-0.2, 0) is 9.53 Å². The molecule has 1 saturated heterocycles. The fraction of sp³-hybridized carbons (Fsp3) is 0.467. The van der Waals surface area contributed by atoms with Crippen LogP contribution in [-0.4, -0.2) is 36.4 Å². The SMILES string of the molecule is C[C@@H](Oc1ccc(F)cc1Cl)C(=O)NNC(=S)NC[C@@H]1CCCO1. The summed E-state index contributed by atoms with van der Waals surface area (Å²) in [5, 5.41) is 3.34. The summed E-state index contributed by atoms with van der Waals surface area (Å²) in [5.74, 6) is -0.703. The number of rotatable bonds is 5. The molecule has 0 aliphatic carbocycles. The molecule has 6 nitrogen and oxygen atoms in total. The van der Waals surface area contributed by atoms with Crippen molar-refractivity contribution in [3.05, 3.63) is 29.0 Å². The van der Waals surface area contributed by atoms with Crippen LogP contribution >= 0.6 is 23.8 Å². The molecule has 1 heterocycles. The molecule has 0 aromatic heterocycles. The molecule has 2 atom stereocenters. The third-order valence-electron chi connectivity index (χ3n) is 3.38. The number of thiocarbonyl (C=S) groups is 1. The first kappa shape index (κ1) is 18.7. The Balaban J connectivity index is 1.71. The van der Waals surface area contributed by atoms with E-state index >= 15 is 0 Å². The summed E-state index contributed by atoms with van der Waals surface area (Å²) in [6.45, 7) is 2.89. The largest absolute Gasteiger partial charge is 0.479 e. The minimum Gasteiger partial charge on any atom is -0.479 e. The van der Waals surface area contributed by atoms with Crippen LogP contribution in [0.15, 0.2) is 18.2 Å². The van der Waals surface area contributed by atoms with E-state index < -0.39 is 17.8 Å². The lowest BCUT2D eigenvalue weighted by Crippen LogP contribution is -2.51. The van der Waals surface area contributed by atoms with Crippen molar-refractivity contribution in [3.8, 4) is 5.75 Å². The lowest BCUT2D eigenvalue weighted by molar-refractivity contribution is -0.127. The quantitative estimate of drug-likeness (QED) is 0.539. The standard InChI is InChI=1S/C15H19ClFN3O3S/c1-9(23-13-5-4-10(17)7-12(13)16)14(21)19-20-15(24)18-8-11-3-2-6-22-11/h4-5,7,9,11H,2-3,6,8H2,1H3,(H,19,21)(H2,18,20,24)/t9-,11+/m1/s1. The monoisotopic (exact) mass is 375 g/mol. The van der Waals surface area contributed by atoms with Gasteiger partial charge in [-0.05, 0) is 50.2 Å². The number of benzene rings is 1. The van der Waals surface area contributed by atoms with Crippen molar-refractivity contribution in [3.63, 3.8) is 0 Å². The highest BCUT2D eigenvalue weighted by atomic mass is 35.5. The first-order valence-electron chi connectivity index (χ1n) is 7.52. The summed E-state index contributed by atoms with van der Waals surface area (Å²) in [5.41, 5.74) is 5.02.